The van der Waals surface area contributed by atoms with E-state index >= 15 is 0 Å². The first kappa shape index (κ1) is 11.5. The van der Waals surface area contributed by atoms with Crippen molar-refractivity contribution < 1.29 is 19.8 Å². The maximum atomic E-state index is 10.7. The number of carboxylic acid groups (broad SMARTS) is 2. The van der Waals surface area contributed by atoms with Crippen LogP contribution in [0, 0.1) is 5.92 Å². The highest BCUT2D eigenvalue weighted by atomic mass is 32.1. The van der Waals surface area contributed by atoms with E-state index in [1.54, 1.807) is 0 Å². The smallest absolute Gasteiger partial charge is 0.308 e. The van der Waals surface area contributed by atoms with Gasteiger partial charge in [-0.15, -0.1) is 11.3 Å². The van der Waals surface area contributed by atoms with E-state index in [1.807, 2.05) is 17.5 Å². The summed E-state index contributed by atoms with van der Waals surface area (Å²) in [6.07, 6.45) is -0.367. The summed E-state index contributed by atoms with van der Waals surface area (Å²) in [7, 11) is 0. The number of hydrogen-bond acceptors (Lipinski definition) is 4. The number of anilines is 1. The molecule has 82 valence electrons. The van der Waals surface area contributed by atoms with Crippen molar-refractivity contribution in [2.45, 2.75) is 6.42 Å². The number of aliphatic carboxylic acids is 2. The molecule has 1 heterocycles. The Morgan fingerprint density at radius 2 is 2.20 bits per heavy atom. The van der Waals surface area contributed by atoms with E-state index in [9.17, 15) is 9.59 Å². The zero-order valence-corrected chi connectivity index (χ0v) is 8.66. The highest BCUT2D eigenvalue weighted by Crippen LogP contribution is 2.16. The molecule has 0 aliphatic rings. The van der Waals surface area contributed by atoms with Crippen LogP contribution in [0.4, 0.5) is 5.00 Å². The van der Waals surface area contributed by atoms with Crippen molar-refractivity contribution in [1.82, 2.24) is 0 Å². The molecule has 6 heteroatoms. The lowest BCUT2D eigenvalue weighted by Crippen LogP contribution is -2.25. The van der Waals surface area contributed by atoms with E-state index in [1.165, 1.54) is 11.3 Å². The minimum Gasteiger partial charge on any atom is -0.481 e. The summed E-state index contributed by atoms with van der Waals surface area (Å²) in [6.45, 7) is 0.127. The van der Waals surface area contributed by atoms with Gasteiger partial charge in [0, 0.05) is 6.54 Å². The number of hydrogen-bond donors (Lipinski definition) is 3. The average molecular weight is 229 g/mol. The predicted molar refractivity (Wildman–Crippen MR) is 56.2 cm³/mol. The average Bonchev–Trinajstić information content (AvgIpc) is 2.63. The van der Waals surface area contributed by atoms with Crippen LogP contribution in [-0.2, 0) is 9.59 Å². The van der Waals surface area contributed by atoms with Gasteiger partial charge in [-0.25, -0.2) is 0 Å². The van der Waals surface area contributed by atoms with Gasteiger partial charge in [0.15, 0.2) is 0 Å². The summed E-state index contributed by atoms with van der Waals surface area (Å²) in [6, 6.07) is 3.64. The SMILES string of the molecule is O=C(O)CC(CNc1cccs1)C(=O)O. The second kappa shape index (κ2) is 5.35. The minimum atomic E-state index is -1.10. The van der Waals surface area contributed by atoms with Crippen LogP contribution >= 0.6 is 11.3 Å². The van der Waals surface area contributed by atoms with Gasteiger partial charge >= 0.3 is 11.9 Å². The van der Waals surface area contributed by atoms with Crippen LogP contribution in [0.3, 0.4) is 0 Å². The number of rotatable bonds is 6. The predicted octanol–water partition coefficient (Wildman–Crippen LogP) is 1.34. The summed E-state index contributed by atoms with van der Waals surface area (Å²) < 4.78 is 0. The van der Waals surface area contributed by atoms with E-state index in [0.29, 0.717) is 0 Å². The molecule has 5 nitrogen and oxygen atoms in total. The normalized spacial score (nSPS) is 12.0. The largest absolute Gasteiger partial charge is 0.481 e. The molecule has 0 aromatic carbocycles. The van der Waals surface area contributed by atoms with Crippen molar-refractivity contribution in [3.63, 3.8) is 0 Å². The Hall–Kier alpha value is -1.56. The number of thiophene rings is 1. The van der Waals surface area contributed by atoms with Crippen LogP contribution in [0.25, 0.3) is 0 Å². The summed E-state index contributed by atoms with van der Waals surface area (Å²) in [5, 5.41) is 22.8. The number of nitrogens with one attached hydrogen (secondary N) is 1. The molecule has 0 fully saturated rings. The molecule has 0 saturated carbocycles. The lowest BCUT2D eigenvalue weighted by atomic mass is 10.1. The first-order chi connectivity index (χ1) is 7.09. The van der Waals surface area contributed by atoms with Gasteiger partial charge in [0.1, 0.15) is 0 Å². The molecule has 0 amide bonds. The van der Waals surface area contributed by atoms with Gasteiger partial charge in [0.2, 0.25) is 0 Å². The van der Waals surface area contributed by atoms with Gasteiger partial charge in [-0.3, -0.25) is 9.59 Å². The van der Waals surface area contributed by atoms with Gasteiger partial charge in [-0.05, 0) is 17.5 Å². The van der Waals surface area contributed by atoms with E-state index in [-0.39, 0.29) is 13.0 Å². The molecule has 0 aliphatic carbocycles. The summed E-state index contributed by atoms with van der Waals surface area (Å²) in [4.78, 5) is 21.1. The van der Waals surface area contributed by atoms with Gasteiger partial charge in [0.05, 0.1) is 17.3 Å². The van der Waals surface area contributed by atoms with Crippen LogP contribution in [0.2, 0.25) is 0 Å². The molecule has 3 N–H and O–H groups in total. The Kier molecular flexibility index (Phi) is 4.11. The van der Waals surface area contributed by atoms with Gasteiger partial charge in [0.25, 0.3) is 0 Å². The lowest BCUT2D eigenvalue weighted by molar-refractivity contribution is -0.147. The molecule has 0 spiro atoms. The molecule has 0 bridgehead atoms. The lowest BCUT2D eigenvalue weighted by Gasteiger charge is -2.10. The first-order valence-corrected chi connectivity index (χ1v) is 5.19. The topological polar surface area (TPSA) is 86.6 Å². The molecule has 0 saturated heterocycles. The number of carboxylic acids is 2. The maximum Gasteiger partial charge on any atom is 0.308 e. The molecule has 15 heavy (non-hydrogen) atoms. The van der Waals surface area contributed by atoms with Crippen molar-refractivity contribution >= 4 is 28.3 Å². The van der Waals surface area contributed by atoms with Gasteiger partial charge in [-0.1, -0.05) is 0 Å². The second-order valence-corrected chi connectivity index (χ2v) is 3.94. The quantitative estimate of drug-likeness (QED) is 0.685. The van der Waals surface area contributed by atoms with Crippen molar-refractivity contribution in [3.8, 4) is 0 Å². The minimum absolute atomic E-state index is 0.127. The summed E-state index contributed by atoms with van der Waals surface area (Å²) >= 11 is 1.44. The Morgan fingerprint density at radius 1 is 1.47 bits per heavy atom. The Balaban J connectivity index is 2.45. The standard InChI is InChI=1S/C9H11NO4S/c11-8(12)4-6(9(13)14)5-10-7-2-1-3-15-7/h1-3,6,10H,4-5H2,(H,11,12)(H,13,14). The van der Waals surface area contributed by atoms with Gasteiger partial charge in [-0.2, -0.15) is 0 Å². The zero-order chi connectivity index (χ0) is 11.3. The van der Waals surface area contributed by atoms with Crippen molar-refractivity contribution in [1.29, 1.82) is 0 Å². The fourth-order valence-corrected chi connectivity index (χ4v) is 1.69. The third-order valence-electron chi connectivity index (χ3n) is 1.81. The van der Waals surface area contributed by atoms with Gasteiger partial charge < -0.3 is 15.5 Å². The van der Waals surface area contributed by atoms with Crippen LogP contribution in [-0.4, -0.2) is 28.7 Å². The third-order valence-corrected chi connectivity index (χ3v) is 2.64. The summed E-state index contributed by atoms with van der Waals surface area (Å²) in [5.74, 6) is -3.10. The fraction of sp³-hybridized carbons (Fsp3) is 0.333. The van der Waals surface area contributed by atoms with Crippen molar-refractivity contribution in [3.05, 3.63) is 17.5 Å². The van der Waals surface area contributed by atoms with Crippen molar-refractivity contribution in [2.24, 2.45) is 5.92 Å². The van der Waals surface area contributed by atoms with Crippen LogP contribution in [0.15, 0.2) is 17.5 Å². The molecule has 1 rings (SSSR count). The highest BCUT2D eigenvalue weighted by molar-refractivity contribution is 7.14. The Labute approximate surface area is 90.4 Å². The van der Waals surface area contributed by atoms with E-state index in [4.69, 9.17) is 10.2 Å². The molecular formula is C9H11NO4S. The molecule has 0 radical (unpaired) electrons. The molecule has 1 aromatic heterocycles. The molecule has 0 aliphatic heterocycles. The van der Waals surface area contributed by atoms with E-state index in [0.717, 1.165) is 5.00 Å². The third kappa shape index (κ3) is 3.99. The summed E-state index contributed by atoms with van der Waals surface area (Å²) in [5.41, 5.74) is 0. The van der Waals surface area contributed by atoms with Crippen LogP contribution in [0.1, 0.15) is 6.42 Å². The van der Waals surface area contributed by atoms with Crippen LogP contribution in [0.5, 0.6) is 0 Å². The maximum absolute atomic E-state index is 10.7. The molecule has 1 atom stereocenters. The molecule has 1 unspecified atom stereocenters. The highest BCUT2D eigenvalue weighted by Gasteiger charge is 2.20. The molecule has 1 aromatic rings. The second-order valence-electron chi connectivity index (χ2n) is 2.99. The van der Waals surface area contributed by atoms with Crippen LogP contribution < -0.4 is 5.32 Å². The van der Waals surface area contributed by atoms with Crippen molar-refractivity contribution in [2.75, 3.05) is 11.9 Å². The molecular weight excluding hydrogens is 218 g/mol. The number of carbonyl (C=O) groups is 2. The monoisotopic (exact) mass is 229 g/mol. The Morgan fingerprint density at radius 3 is 2.67 bits per heavy atom. The fourth-order valence-electron chi connectivity index (χ4n) is 1.06. The Bertz CT molecular complexity index is 336. The first-order valence-electron chi connectivity index (χ1n) is 4.31. The zero-order valence-electron chi connectivity index (χ0n) is 7.84. The van der Waals surface area contributed by atoms with E-state index in [2.05, 4.69) is 5.32 Å². The van der Waals surface area contributed by atoms with E-state index < -0.39 is 17.9 Å².